The van der Waals surface area contributed by atoms with Crippen LogP contribution in [0, 0.1) is 5.92 Å². The smallest absolute Gasteiger partial charge is 0.247 e. The Hall–Kier alpha value is -2.99. The number of likely N-dealkylation sites (tertiary alicyclic amines) is 1. The number of hydrogen-bond acceptors (Lipinski definition) is 5. The molecule has 2 aliphatic heterocycles. The number of hydrogen-bond donors (Lipinski definition) is 1. The van der Waals surface area contributed by atoms with Crippen LogP contribution >= 0.6 is 0 Å². The number of carbonyl (C=O) groups excluding carboxylic acids is 1. The van der Waals surface area contributed by atoms with Crippen LogP contribution in [0.15, 0.2) is 48.5 Å². The van der Waals surface area contributed by atoms with E-state index < -0.39 is 5.60 Å². The van der Waals surface area contributed by atoms with Gasteiger partial charge in [0.1, 0.15) is 0 Å². The van der Waals surface area contributed by atoms with Crippen molar-refractivity contribution in [1.29, 1.82) is 0 Å². The molecule has 6 nitrogen and oxygen atoms in total. The van der Waals surface area contributed by atoms with Gasteiger partial charge in [-0.15, -0.1) is 0 Å². The minimum absolute atomic E-state index is 0.0203. The Bertz CT molecular complexity index is 1080. The van der Waals surface area contributed by atoms with Crippen molar-refractivity contribution in [3.05, 3.63) is 59.7 Å². The van der Waals surface area contributed by atoms with Gasteiger partial charge in [0.2, 0.25) is 12.7 Å². The molecule has 6 heteroatoms. The summed E-state index contributed by atoms with van der Waals surface area (Å²) < 4.78 is 10.9. The molecule has 0 radical (unpaired) electrons. The molecule has 0 aromatic heterocycles. The number of nitrogens with zero attached hydrogens (tertiary/aromatic N) is 2. The molecule has 1 saturated carbocycles. The first-order valence-electron chi connectivity index (χ1n) is 13.0. The highest BCUT2D eigenvalue weighted by Crippen LogP contribution is 2.49. The molecule has 3 unspecified atom stereocenters. The topological polar surface area (TPSA) is 62.2 Å². The summed E-state index contributed by atoms with van der Waals surface area (Å²) in [5, 5.41) is 11.5. The van der Waals surface area contributed by atoms with Crippen molar-refractivity contribution in [3.63, 3.8) is 0 Å². The van der Waals surface area contributed by atoms with Crippen molar-refractivity contribution in [2.45, 2.75) is 57.6 Å². The van der Waals surface area contributed by atoms with E-state index in [1.54, 1.807) is 6.08 Å². The average Bonchev–Trinajstić information content (AvgIpc) is 3.35. The number of piperidine rings is 1. The molecule has 2 fully saturated rings. The maximum Gasteiger partial charge on any atom is 0.247 e. The summed E-state index contributed by atoms with van der Waals surface area (Å²) in [6, 6.07) is 14.2. The van der Waals surface area contributed by atoms with E-state index >= 15 is 0 Å². The Labute approximate surface area is 208 Å². The van der Waals surface area contributed by atoms with Crippen LogP contribution in [-0.2, 0) is 4.79 Å². The Balaban J connectivity index is 1.42. The van der Waals surface area contributed by atoms with Gasteiger partial charge < -0.3 is 24.4 Å². The number of carbonyl (C=O) groups is 1. The van der Waals surface area contributed by atoms with Gasteiger partial charge in [-0.25, -0.2) is 0 Å². The van der Waals surface area contributed by atoms with Gasteiger partial charge in [-0.3, -0.25) is 4.79 Å². The maximum absolute atomic E-state index is 13.5. The summed E-state index contributed by atoms with van der Waals surface area (Å²) >= 11 is 0. The van der Waals surface area contributed by atoms with Crippen LogP contribution in [0.5, 0.6) is 11.5 Å². The van der Waals surface area contributed by atoms with Crippen LogP contribution in [0.4, 0.5) is 5.69 Å². The lowest BCUT2D eigenvalue weighted by molar-refractivity contribution is -0.150. The van der Waals surface area contributed by atoms with Gasteiger partial charge >= 0.3 is 0 Å². The number of amides is 1. The molecular weight excluding hydrogens is 440 g/mol. The highest BCUT2D eigenvalue weighted by atomic mass is 16.7. The fraction of sp³-hybridized carbons (Fsp3) is 0.483. The van der Waals surface area contributed by atoms with Gasteiger partial charge in [-0.05, 0) is 74.6 Å². The molecule has 5 rings (SSSR count). The van der Waals surface area contributed by atoms with Crippen molar-refractivity contribution in [1.82, 2.24) is 4.90 Å². The highest BCUT2D eigenvalue weighted by Gasteiger charge is 2.49. The molecule has 2 aromatic carbocycles. The number of fused-ring (bicyclic) bond motifs is 2. The van der Waals surface area contributed by atoms with Crippen LogP contribution in [-0.4, -0.2) is 47.9 Å². The molecule has 1 N–H and O–H groups in total. The van der Waals surface area contributed by atoms with Crippen LogP contribution in [0.3, 0.4) is 0 Å². The standard InChI is InChI=1S/C29H36N2O4/c1-3-30(4-2)23-12-10-22(11-13-23)28-24-7-5-6-16-29(24,33)17-18-31(28)27(32)15-9-21-8-14-25-26(19-21)35-20-34-25/h8-15,19,24,28,33H,3-7,16-18,20H2,1-2H3/b15-9+. The quantitative estimate of drug-likeness (QED) is 0.583. The Morgan fingerprint density at radius 2 is 1.86 bits per heavy atom. The van der Waals surface area contributed by atoms with Gasteiger partial charge in [0, 0.05) is 37.3 Å². The third-order valence-corrected chi connectivity index (χ3v) is 8.03. The van der Waals surface area contributed by atoms with Gasteiger partial charge in [-0.2, -0.15) is 0 Å². The summed E-state index contributed by atoms with van der Waals surface area (Å²) in [7, 11) is 0. The average molecular weight is 477 g/mol. The van der Waals surface area contributed by atoms with E-state index in [1.165, 1.54) is 5.69 Å². The molecule has 2 aromatic rings. The van der Waals surface area contributed by atoms with Crippen molar-refractivity contribution in [2.75, 3.05) is 31.3 Å². The molecule has 2 heterocycles. The molecule has 1 saturated heterocycles. The summed E-state index contributed by atoms with van der Waals surface area (Å²) in [6.07, 6.45) is 8.04. The monoisotopic (exact) mass is 476 g/mol. The first-order valence-corrected chi connectivity index (χ1v) is 13.0. The van der Waals surface area contributed by atoms with Gasteiger partial charge in [0.25, 0.3) is 0 Å². The summed E-state index contributed by atoms with van der Waals surface area (Å²) in [5.74, 6) is 1.46. The zero-order valence-corrected chi connectivity index (χ0v) is 20.8. The molecule has 1 aliphatic carbocycles. The van der Waals surface area contributed by atoms with E-state index in [1.807, 2.05) is 29.2 Å². The largest absolute Gasteiger partial charge is 0.454 e. The molecule has 0 spiro atoms. The molecule has 0 bridgehead atoms. The van der Waals surface area contributed by atoms with E-state index in [0.717, 1.165) is 55.6 Å². The highest BCUT2D eigenvalue weighted by molar-refractivity contribution is 5.92. The Morgan fingerprint density at radius 3 is 2.63 bits per heavy atom. The lowest BCUT2D eigenvalue weighted by Crippen LogP contribution is -2.56. The predicted molar refractivity (Wildman–Crippen MR) is 138 cm³/mol. The number of benzene rings is 2. The van der Waals surface area contributed by atoms with Gasteiger partial charge in [-0.1, -0.05) is 31.0 Å². The minimum Gasteiger partial charge on any atom is -0.454 e. The van der Waals surface area contributed by atoms with E-state index in [2.05, 4.69) is 43.0 Å². The molecule has 3 aliphatic rings. The second-order valence-electron chi connectivity index (χ2n) is 9.89. The maximum atomic E-state index is 13.5. The van der Waals surface area contributed by atoms with E-state index in [4.69, 9.17) is 9.47 Å². The number of anilines is 1. The lowest BCUT2D eigenvalue weighted by Gasteiger charge is -2.52. The molecular formula is C29H36N2O4. The van der Waals surface area contributed by atoms with E-state index in [-0.39, 0.29) is 24.7 Å². The van der Waals surface area contributed by atoms with Crippen molar-refractivity contribution < 1.29 is 19.4 Å². The van der Waals surface area contributed by atoms with Crippen LogP contribution in [0.25, 0.3) is 6.08 Å². The van der Waals surface area contributed by atoms with Crippen LogP contribution < -0.4 is 14.4 Å². The fourth-order valence-electron chi connectivity index (χ4n) is 6.09. The summed E-state index contributed by atoms with van der Waals surface area (Å²) in [4.78, 5) is 17.8. The first-order chi connectivity index (χ1) is 17.0. The Morgan fingerprint density at radius 1 is 1.09 bits per heavy atom. The second kappa shape index (κ2) is 9.94. The minimum atomic E-state index is -0.696. The summed E-state index contributed by atoms with van der Waals surface area (Å²) in [5.41, 5.74) is 2.50. The zero-order valence-electron chi connectivity index (χ0n) is 20.8. The number of aliphatic hydroxyl groups is 1. The zero-order chi connectivity index (χ0) is 24.4. The molecule has 3 atom stereocenters. The van der Waals surface area contributed by atoms with E-state index in [9.17, 15) is 9.90 Å². The molecule has 1 amide bonds. The fourth-order valence-corrected chi connectivity index (χ4v) is 6.09. The molecule has 186 valence electrons. The predicted octanol–water partition coefficient (Wildman–Crippen LogP) is 5.17. The van der Waals surface area contributed by atoms with Crippen molar-refractivity contribution >= 4 is 17.7 Å². The number of rotatable bonds is 6. The molecule has 35 heavy (non-hydrogen) atoms. The summed E-state index contributed by atoms with van der Waals surface area (Å²) in [6.45, 7) is 7.02. The number of ether oxygens (including phenoxy) is 2. The van der Waals surface area contributed by atoms with Crippen LogP contribution in [0.2, 0.25) is 0 Å². The third kappa shape index (κ3) is 4.64. The second-order valence-corrected chi connectivity index (χ2v) is 9.89. The van der Waals surface area contributed by atoms with E-state index in [0.29, 0.717) is 18.7 Å². The normalized spacial score (nSPS) is 25.5. The van der Waals surface area contributed by atoms with Gasteiger partial charge in [0.15, 0.2) is 11.5 Å². The van der Waals surface area contributed by atoms with Crippen molar-refractivity contribution in [2.24, 2.45) is 5.92 Å². The van der Waals surface area contributed by atoms with Gasteiger partial charge in [0.05, 0.1) is 11.6 Å². The third-order valence-electron chi connectivity index (χ3n) is 8.03. The Kier molecular flexibility index (Phi) is 6.74. The van der Waals surface area contributed by atoms with Crippen molar-refractivity contribution in [3.8, 4) is 11.5 Å². The first kappa shape index (κ1) is 23.7. The van der Waals surface area contributed by atoms with Crippen LogP contribution in [0.1, 0.15) is 63.1 Å². The lowest BCUT2D eigenvalue weighted by atomic mass is 9.66. The SMILES string of the molecule is CCN(CC)c1ccc(C2C3CCCCC3(O)CCN2C(=O)/C=C/c2ccc3c(c2)OCO3)cc1.